The summed E-state index contributed by atoms with van der Waals surface area (Å²) in [6.07, 6.45) is 2.30. The fourth-order valence-electron chi connectivity index (χ4n) is 1.30. The number of amides is 1. The minimum Gasteiger partial charge on any atom is -0.491 e. The third-order valence-corrected chi connectivity index (χ3v) is 2.26. The SMILES string of the molecule is CN(C)C(=O)CCCOc1cccnc1C(=O)O. The third kappa shape index (κ3) is 4.04. The van der Waals surface area contributed by atoms with Gasteiger partial charge < -0.3 is 14.7 Å². The minimum atomic E-state index is -1.13. The maximum atomic E-state index is 11.3. The van der Waals surface area contributed by atoms with Crippen molar-refractivity contribution >= 4 is 11.9 Å². The Morgan fingerprint density at radius 3 is 2.78 bits per heavy atom. The summed E-state index contributed by atoms with van der Waals surface area (Å²) in [4.78, 5) is 27.4. The van der Waals surface area contributed by atoms with Crippen molar-refractivity contribution in [1.82, 2.24) is 9.88 Å². The van der Waals surface area contributed by atoms with Crippen molar-refractivity contribution in [1.29, 1.82) is 0 Å². The number of hydrogen-bond acceptors (Lipinski definition) is 4. The first kappa shape index (κ1) is 14.0. The standard InChI is InChI=1S/C12H16N2O4/c1-14(2)10(15)6-4-8-18-9-5-3-7-13-11(9)12(16)17/h3,5,7H,4,6,8H2,1-2H3,(H,16,17). The summed E-state index contributed by atoms with van der Waals surface area (Å²) in [5.41, 5.74) is -0.114. The molecule has 1 aromatic heterocycles. The van der Waals surface area contributed by atoms with E-state index in [-0.39, 0.29) is 24.0 Å². The van der Waals surface area contributed by atoms with Crippen LogP contribution in [0.5, 0.6) is 5.75 Å². The maximum Gasteiger partial charge on any atom is 0.358 e. The molecule has 1 N–H and O–H groups in total. The zero-order valence-corrected chi connectivity index (χ0v) is 10.4. The van der Waals surface area contributed by atoms with Crippen LogP contribution >= 0.6 is 0 Å². The number of carboxylic acid groups (broad SMARTS) is 1. The van der Waals surface area contributed by atoms with Crippen molar-refractivity contribution in [3.8, 4) is 5.75 Å². The van der Waals surface area contributed by atoms with Crippen LogP contribution in [0.2, 0.25) is 0 Å². The first-order valence-electron chi connectivity index (χ1n) is 5.53. The normalized spacial score (nSPS) is 9.89. The molecule has 0 bridgehead atoms. The number of carbonyl (C=O) groups is 2. The molecule has 0 aliphatic rings. The van der Waals surface area contributed by atoms with Gasteiger partial charge in [0, 0.05) is 26.7 Å². The molecule has 0 unspecified atom stereocenters. The Labute approximate surface area is 105 Å². The fourth-order valence-corrected chi connectivity index (χ4v) is 1.30. The van der Waals surface area contributed by atoms with Crippen molar-refractivity contribution in [2.45, 2.75) is 12.8 Å². The van der Waals surface area contributed by atoms with Gasteiger partial charge in [0.2, 0.25) is 5.91 Å². The van der Waals surface area contributed by atoms with Gasteiger partial charge in [-0.25, -0.2) is 9.78 Å². The number of pyridine rings is 1. The minimum absolute atomic E-state index is 0.0169. The van der Waals surface area contributed by atoms with E-state index in [1.54, 1.807) is 26.2 Å². The van der Waals surface area contributed by atoms with Crippen molar-refractivity contribution in [2.75, 3.05) is 20.7 Å². The van der Waals surface area contributed by atoms with Gasteiger partial charge in [-0.05, 0) is 18.6 Å². The molecular formula is C12H16N2O4. The van der Waals surface area contributed by atoms with E-state index in [1.165, 1.54) is 11.1 Å². The van der Waals surface area contributed by atoms with Crippen LogP contribution in [0.1, 0.15) is 23.3 Å². The predicted octanol–water partition coefficient (Wildman–Crippen LogP) is 1.03. The monoisotopic (exact) mass is 252 g/mol. The Balaban J connectivity index is 2.45. The molecule has 0 atom stereocenters. The second-order valence-corrected chi connectivity index (χ2v) is 3.90. The van der Waals surface area contributed by atoms with Gasteiger partial charge >= 0.3 is 5.97 Å². The third-order valence-electron chi connectivity index (χ3n) is 2.26. The summed E-state index contributed by atoms with van der Waals surface area (Å²) >= 11 is 0. The average molecular weight is 252 g/mol. The molecule has 6 nitrogen and oxygen atoms in total. The van der Waals surface area contributed by atoms with Gasteiger partial charge in [-0.1, -0.05) is 0 Å². The summed E-state index contributed by atoms with van der Waals surface area (Å²) in [6, 6.07) is 3.15. The summed E-state index contributed by atoms with van der Waals surface area (Å²) in [5.74, 6) is -0.888. The summed E-state index contributed by atoms with van der Waals surface area (Å²) in [6.45, 7) is 0.283. The number of ether oxygens (including phenoxy) is 1. The highest BCUT2D eigenvalue weighted by Crippen LogP contribution is 2.15. The van der Waals surface area contributed by atoms with Crippen LogP contribution in [0.3, 0.4) is 0 Å². The van der Waals surface area contributed by atoms with Crippen LogP contribution in [0.25, 0.3) is 0 Å². The number of nitrogens with zero attached hydrogens (tertiary/aromatic N) is 2. The molecule has 18 heavy (non-hydrogen) atoms. The first-order valence-corrected chi connectivity index (χ1v) is 5.53. The molecule has 0 fully saturated rings. The van der Waals surface area contributed by atoms with E-state index in [0.717, 1.165) is 0 Å². The van der Waals surface area contributed by atoms with E-state index in [9.17, 15) is 9.59 Å². The Hall–Kier alpha value is -2.11. The van der Waals surface area contributed by atoms with Crippen LogP contribution < -0.4 is 4.74 Å². The molecule has 1 heterocycles. The largest absolute Gasteiger partial charge is 0.491 e. The highest BCUT2D eigenvalue weighted by molar-refractivity contribution is 5.88. The lowest BCUT2D eigenvalue weighted by molar-refractivity contribution is -0.128. The highest BCUT2D eigenvalue weighted by atomic mass is 16.5. The van der Waals surface area contributed by atoms with Gasteiger partial charge in [-0.2, -0.15) is 0 Å². The molecule has 1 amide bonds. The lowest BCUT2D eigenvalue weighted by Gasteiger charge is -2.11. The molecule has 0 aliphatic heterocycles. The number of rotatable bonds is 6. The Bertz CT molecular complexity index is 432. The van der Waals surface area contributed by atoms with Crippen LogP contribution in [-0.4, -0.2) is 47.6 Å². The fraction of sp³-hybridized carbons (Fsp3) is 0.417. The Morgan fingerprint density at radius 1 is 1.44 bits per heavy atom. The zero-order valence-electron chi connectivity index (χ0n) is 10.4. The summed E-state index contributed by atoms with van der Waals surface area (Å²) in [7, 11) is 3.37. The molecule has 0 saturated heterocycles. The lowest BCUT2D eigenvalue weighted by Crippen LogP contribution is -2.21. The predicted molar refractivity (Wildman–Crippen MR) is 64.6 cm³/mol. The average Bonchev–Trinajstić information content (AvgIpc) is 2.34. The zero-order chi connectivity index (χ0) is 13.5. The van der Waals surface area contributed by atoms with Crippen molar-refractivity contribution in [2.24, 2.45) is 0 Å². The number of aromatic nitrogens is 1. The quantitative estimate of drug-likeness (QED) is 0.765. The van der Waals surface area contributed by atoms with E-state index in [2.05, 4.69) is 4.98 Å². The topological polar surface area (TPSA) is 79.7 Å². The van der Waals surface area contributed by atoms with Crippen LogP contribution in [0.4, 0.5) is 0 Å². The number of carboxylic acids is 1. The van der Waals surface area contributed by atoms with Crippen molar-refractivity contribution in [3.05, 3.63) is 24.0 Å². The molecule has 0 aliphatic carbocycles. The maximum absolute atomic E-state index is 11.3. The van der Waals surface area contributed by atoms with Gasteiger partial charge in [0.05, 0.1) is 6.61 Å². The van der Waals surface area contributed by atoms with E-state index >= 15 is 0 Å². The molecule has 6 heteroatoms. The molecule has 1 rings (SSSR count). The highest BCUT2D eigenvalue weighted by Gasteiger charge is 2.12. The van der Waals surface area contributed by atoms with Crippen LogP contribution in [0, 0.1) is 0 Å². The van der Waals surface area contributed by atoms with Gasteiger partial charge in [0.25, 0.3) is 0 Å². The van der Waals surface area contributed by atoms with E-state index in [1.807, 2.05) is 0 Å². The molecule has 98 valence electrons. The lowest BCUT2D eigenvalue weighted by atomic mass is 10.3. The van der Waals surface area contributed by atoms with E-state index < -0.39 is 5.97 Å². The summed E-state index contributed by atoms with van der Waals surface area (Å²) in [5, 5.41) is 8.88. The number of hydrogen-bond donors (Lipinski definition) is 1. The van der Waals surface area contributed by atoms with Gasteiger partial charge in [0.1, 0.15) is 0 Å². The van der Waals surface area contributed by atoms with Crippen LogP contribution in [0.15, 0.2) is 18.3 Å². The Morgan fingerprint density at radius 2 is 2.17 bits per heavy atom. The first-order chi connectivity index (χ1) is 8.52. The van der Waals surface area contributed by atoms with Crippen LogP contribution in [-0.2, 0) is 4.79 Å². The number of carbonyl (C=O) groups excluding carboxylic acids is 1. The van der Waals surface area contributed by atoms with Crippen molar-refractivity contribution in [3.63, 3.8) is 0 Å². The van der Waals surface area contributed by atoms with Gasteiger partial charge in [-0.15, -0.1) is 0 Å². The smallest absolute Gasteiger partial charge is 0.358 e. The van der Waals surface area contributed by atoms with Crippen molar-refractivity contribution < 1.29 is 19.4 Å². The Kier molecular flexibility index (Phi) is 5.10. The second kappa shape index (κ2) is 6.58. The molecule has 0 saturated carbocycles. The molecule has 0 spiro atoms. The molecule has 1 aromatic rings. The number of aromatic carboxylic acids is 1. The van der Waals surface area contributed by atoms with E-state index in [0.29, 0.717) is 12.8 Å². The molecule has 0 radical (unpaired) electrons. The molecular weight excluding hydrogens is 236 g/mol. The summed E-state index contributed by atoms with van der Waals surface area (Å²) < 4.78 is 5.31. The second-order valence-electron chi connectivity index (χ2n) is 3.90. The van der Waals surface area contributed by atoms with Gasteiger partial charge in [-0.3, -0.25) is 4.79 Å². The van der Waals surface area contributed by atoms with Gasteiger partial charge in [0.15, 0.2) is 11.4 Å². The van der Waals surface area contributed by atoms with E-state index in [4.69, 9.17) is 9.84 Å². The molecule has 0 aromatic carbocycles.